The number of rotatable bonds is 5. The summed E-state index contributed by atoms with van der Waals surface area (Å²) in [6.45, 7) is 15.4. The van der Waals surface area contributed by atoms with Crippen molar-refractivity contribution in [1.82, 2.24) is 4.57 Å². The lowest BCUT2D eigenvalue weighted by molar-refractivity contribution is 0.397. The Morgan fingerprint density at radius 3 is 2.00 bits per heavy atom. The van der Waals surface area contributed by atoms with Gasteiger partial charge in [-0.15, -0.1) is 0 Å². The van der Waals surface area contributed by atoms with E-state index in [1.807, 2.05) is 12.1 Å². The lowest BCUT2D eigenvalue weighted by atomic mass is 10.0. The van der Waals surface area contributed by atoms with Gasteiger partial charge in [0.05, 0.1) is 25.3 Å². The maximum absolute atomic E-state index is 13.3. The van der Waals surface area contributed by atoms with Gasteiger partial charge in [0.25, 0.3) is 13.9 Å². The zero-order chi connectivity index (χ0) is 24.0. The standard InChI is InChI=1S/C26H35NO4Si/c1-16-11-18(12-17(2)24(16)31-32(9,10)26(3,4)5)21-14-19-13-20(29-7)15-22(30-8)23(19)25(28)27(21)6/h11-15H,1-10H3. The van der Waals surface area contributed by atoms with Gasteiger partial charge in [-0.25, -0.2) is 0 Å². The Morgan fingerprint density at radius 1 is 0.906 bits per heavy atom. The number of hydrogen-bond donors (Lipinski definition) is 0. The summed E-state index contributed by atoms with van der Waals surface area (Å²) in [5.74, 6) is 2.12. The molecule has 32 heavy (non-hydrogen) atoms. The molecule has 0 unspecified atom stereocenters. The molecule has 0 N–H and O–H groups in total. The molecule has 0 aliphatic heterocycles. The first-order chi connectivity index (χ1) is 14.8. The van der Waals surface area contributed by atoms with E-state index >= 15 is 0 Å². The molecule has 0 fully saturated rings. The molecule has 3 rings (SSSR count). The van der Waals surface area contributed by atoms with Gasteiger partial charge >= 0.3 is 0 Å². The van der Waals surface area contributed by atoms with Crippen LogP contribution >= 0.6 is 0 Å². The van der Waals surface area contributed by atoms with Crippen LogP contribution in [-0.4, -0.2) is 27.1 Å². The lowest BCUT2D eigenvalue weighted by Gasteiger charge is -2.37. The molecule has 6 heteroatoms. The molecule has 0 saturated heterocycles. The van der Waals surface area contributed by atoms with Crippen molar-refractivity contribution < 1.29 is 13.9 Å². The van der Waals surface area contributed by atoms with Crippen molar-refractivity contribution in [3.63, 3.8) is 0 Å². The van der Waals surface area contributed by atoms with E-state index in [1.165, 1.54) is 0 Å². The second kappa shape index (κ2) is 8.32. The average Bonchev–Trinajstić information content (AvgIpc) is 2.71. The van der Waals surface area contributed by atoms with Crippen LogP contribution < -0.4 is 19.5 Å². The van der Waals surface area contributed by atoms with E-state index in [-0.39, 0.29) is 10.6 Å². The SMILES string of the molecule is COc1cc(OC)c2c(=O)n(C)c(-c3cc(C)c(O[Si](C)(C)C(C)(C)C)c(C)c3)cc2c1. The number of methoxy groups -OCH3 is 2. The molecule has 3 aromatic rings. The molecular weight excluding hydrogens is 418 g/mol. The summed E-state index contributed by atoms with van der Waals surface area (Å²) < 4.78 is 19.2. The smallest absolute Gasteiger partial charge is 0.262 e. The summed E-state index contributed by atoms with van der Waals surface area (Å²) >= 11 is 0. The quantitative estimate of drug-likeness (QED) is 0.430. The van der Waals surface area contributed by atoms with Crippen LogP contribution in [0.4, 0.5) is 0 Å². The van der Waals surface area contributed by atoms with Gasteiger partial charge in [0.1, 0.15) is 17.2 Å². The number of benzene rings is 2. The van der Waals surface area contributed by atoms with Gasteiger partial charge in [0, 0.05) is 13.1 Å². The van der Waals surface area contributed by atoms with Gasteiger partial charge in [-0.1, -0.05) is 20.8 Å². The number of aryl methyl sites for hydroxylation is 2. The fourth-order valence-electron chi connectivity index (χ4n) is 3.70. The Bertz CT molecular complexity index is 1210. The Labute approximate surface area is 192 Å². The number of nitrogens with zero attached hydrogens (tertiary/aromatic N) is 1. The van der Waals surface area contributed by atoms with Crippen LogP contribution in [0.5, 0.6) is 17.2 Å². The number of pyridine rings is 1. The Balaban J connectivity index is 2.19. The highest BCUT2D eigenvalue weighted by Gasteiger charge is 2.39. The van der Waals surface area contributed by atoms with Gasteiger partial charge in [-0.2, -0.15) is 0 Å². The molecule has 5 nitrogen and oxygen atoms in total. The largest absolute Gasteiger partial charge is 0.543 e. The van der Waals surface area contributed by atoms with Crippen LogP contribution in [0.25, 0.3) is 22.0 Å². The zero-order valence-corrected chi connectivity index (χ0v) is 22.0. The minimum absolute atomic E-state index is 0.103. The van der Waals surface area contributed by atoms with E-state index in [4.69, 9.17) is 13.9 Å². The van der Waals surface area contributed by atoms with E-state index in [2.05, 4.69) is 59.8 Å². The molecule has 2 aromatic carbocycles. The molecule has 0 saturated carbocycles. The summed E-state index contributed by atoms with van der Waals surface area (Å²) in [6.07, 6.45) is 0. The molecule has 0 aliphatic carbocycles. The normalized spacial score (nSPS) is 12.2. The Hall–Kier alpha value is -2.73. The molecular formula is C26H35NO4Si. The summed E-state index contributed by atoms with van der Waals surface area (Å²) in [4.78, 5) is 13.3. The third-order valence-corrected chi connectivity index (χ3v) is 11.0. The molecule has 0 bridgehead atoms. The summed E-state index contributed by atoms with van der Waals surface area (Å²) in [6, 6.07) is 9.84. The molecule has 0 radical (unpaired) electrons. The van der Waals surface area contributed by atoms with Gasteiger partial charge in [-0.3, -0.25) is 4.79 Å². The average molecular weight is 454 g/mol. The minimum atomic E-state index is -1.97. The van der Waals surface area contributed by atoms with E-state index < -0.39 is 8.32 Å². The van der Waals surface area contributed by atoms with Gasteiger partial charge in [0.2, 0.25) is 0 Å². The van der Waals surface area contributed by atoms with Crippen molar-refractivity contribution in [2.24, 2.45) is 7.05 Å². The van der Waals surface area contributed by atoms with Gasteiger partial charge in [0.15, 0.2) is 0 Å². The van der Waals surface area contributed by atoms with Crippen molar-refractivity contribution in [3.8, 4) is 28.5 Å². The van der Waals surface area contributed by atoms with E-state index in [1.54, 1.807) is 31.9 Å². The fourth-order valence-corrected chi connectivity index (χ4v) is 4.84. The van der Waals surface area contributed by atoms with Crippen molar-refractivity contribution in [3.05, 3.63) is 51.8 Å². The highest BCUT2D eigenvalue weighted by atomic mass is 28.4. The highest BCUT2D eigenvalue weighted by Crippen LogP contribution is 2.40. The van der Waals surface area contributed by atoms with Crippen LogP contribution in [0, 0.1) is 13.8 Å². The third kappa shape index (κ3) is 4.16. The van der Waals surface area contributed by atoms with Crippen molar-refractivity contribution in [2.45, 2.75) is 52.8 Å². The first-order valence-electron chi connectivity index (χ1n) is 10.9. The topological polar surface area (TPSA) is 49.7 Å². The molecule has 0 amide bonds. The second-order valence-corrected chi connectivity index (χ2v) is 14.7. The van der Waals surface area contributed by atoms with Crippen LogP contribution in [-0.2, 0) is 7.05 Å². The molecule has 0 spiro atoms. The monoisotopic (exact) mass is 453 g/mol. The van der Waals surface area contributed by atoms with E-state index in [9.17, 15) is 4.79 Å². The van der Waals surface area contributed by atoms with Crippen molar-refractivity contribution in [1.29, 1.82) is 0 Å². The molecule has 0 aliphatic rings. The highest BCUT2D eigenvalue weighted by molar-refractivity contribution is 6.74. The number of hydrogen-bond acceptors (Lipinski definition) is 4. The van der Waals surface area contributed by atoms with Crippen LogP contribution in [0.2, 0.25) is 18.1 Å². The number of fused-ring (bicyclic) bond motifs is 1. The zero-order valence-electron chi connectivity index (χ0n) is 21.0. The maximum Gasteiger partial charge on any atom is 0.262 e. The molecule has 1 heterocycles. The summed E-state index contributed by atoms with van der Waals surface area (Å²) in [5.41, 5.74) is 3.85. The third-order valence-electron chi connectivity index (χ3n) is 6.65. The second-order valence-electron chi connectivity index (χ2n) is 9.99. The van der Waals surface area contributed by atoms with E-state index in [0.717, 1.165) is 33.5 Å². The Morgan fingerprint density at radius 2 is 1.50 bits per heavy atom. The van der Waals surface area contributed by atoms with E-state index in [0.29, 0.717) is 16.9 Å². The maximum atomic E-state index is 13.3. The molecule has 1 aromatic heterocycles. The van der Waals surface area contributed by atoms with Gasteiger partial charge < -0.3 is 18.5 Å². The lowest BCUT2D eigenvalue weighted by Crippen LogP contribution is -2.44. The van der Waals surface area contributed by atoms with Crippen molar-refractivity contribution in [2.75, 3.05) is 14.2 Å². The van der Waals surface area contributed by atoms with Gasteiger partial charge in [-0.05, 0) is 78.3 Å². The minimum Gasteiger partial charge on any atom is -0.543 e. The summed E-state index contributed by atoms with van der Waals surface area (Å²) in [5, 5.41) is 1.45. The predicted octanol–water partition coefficient (Wildman–Crippen LogP) is 6.22. The number of aromatic nitrogens is 1. The summed E-state index contributed by atoms with van der Waals surface area (Å²) in [7, 11) is 3.00. The molecule has 172 valence electrons. The number of ether oxygens (including phenoxy) is 2. The fraction of sp³-hybridized carbons (Fsp3) is 0.423. The molecule has 0 atom stereocenters. The first-order valence-corrected chi connectivity index (χ1v) is 13.8. The van der Waals surface area contributed by atoms with Crippen molar-refractivity contribution >= 4 is 19.1 Å². The Kier molecular flexibility index (Phi) is 6.22. The first kappa shape index (κ1) is 23.9. The van der Waals surface area contributed by atoms with Crippen LogP contribution in [0.1, 0.15) is 31.9 Å². The van der Waals surface area contributed by atoms with Crippen LogP contribution in [0.15, 0.2) is 35.1 Å². The predicted molar refractivity (Wildman–Crippen MR) is 135 cm³/mol. The van der Waals surface area contributed by atoms with Crippen LogP contribution in [0.3, 0.4) is 0 Å².